The van der Waals surface area contributed by atoms with Gasteiger partial charge in [-0.1, -0.05) is 20.8 Å². The summed E-state index contributed by atoms with van der Waals surface area (Å²) >= 11 is 1.76. The Balaban J connectivity index is 1.26. The number of rotatable bonds is 2. The van der Waals surface area contributed by atoms with E-state index in [1.54, 1.807) is 11.3 Å². The molecule has 160 valence electrons. The average molecular weight is 421 g/mol. The van der Waals surface area contributed by atoms with Crippen LogP contribution in [-0.2, 0) is 21.4 Å². The normalized spacial score (nSPS) is 26.2. The summed E-state index contributed by atoms with van der Waals surface area (Å²) in [6.07, 6.45) is 3.89. The molecule has 3 aliphatic rings. The van der Waals surface area contributed by atoms with E-state index in [0.29, 0.717) is 19.0 Å². The number of piperidine rings is 2. The summed E-state index contributed by atoms with van der Waals surface area (Å²) < 4.78 is 5.59. The Labute approximate surface area is 176 Å². The number of aromatic nitrogens is 1. The van der Waals surface area contributed by atoms with E-state index < -0.39 is 0 Å². The number of hydrogen-bond acceptors (Lipinski definition) is 5. The van der Waals surface area contributed by atoms with E-state index in [-0.39, 0.29) is 36.1 Å². The van der Waals surface area contributed by atoms with Crippen LogP contribution in [0.15, 0.2) is 5.38 Å². The number of nitrogens with zero attached hydrogens (tertiary/aromatic N) is 3. The second-order valence-electron chi connectivity index (χ2n) is 9.55. The standard InChI is InChI=1S/C21H32N4O3S/c1-21(2,3)17-13-29-19(23-17)10-14-4-7-24(8-5-14)20(27)25-9-6-16-15(11-25)22-18(26)12-28-16/h13-16H,4-12H2,1-3H3,(H,22,26)/t15?,16-/m0/s1. The molecule has 1 N–H and O–H groups in total. The number of morpholine rings is 1. The molecule has 1 aromatic rings. The van der Waals surface area contributed by atoms with Crippen molar-refractivity contribution in [2.75, 3.05) is 32.8 Å². The number of fused-ring (bicyclic) bond motifs is 1. The van der Waals surface area contributed by atoms with E-state index in [1.807, 2.05) is 9.80 Å². The van der Waals surface area contributed by atoms with Crippen molar-refractivity contribution in [2.24, 2.45) is 5.92 Å². The number of ether oxygens (including phenoxy) is 1. The Bertz CT molecular complexity index is 751. The van der Waals surface area contributed by atoms with Gasteiger partial charge in [-0.25, -0.2) is 9.78 Å². The van der Waals surface area contributed by atoms with Crippen LogP contribution in [0.2, 0.25) is 0 Å². The Hall–Kier alpha value is -1.67. The van der Waals surface area contributed by atoms with Crippen LogP contribution in [0, 0.1) is 5.92 Å². The van der Waals surface area contributed by atoms with E-state index in [4.69, 9.17) is 9.72 Å². The van der Waals surface area contributed by atoms with Crippen LogP contribution in [0.5, 0.6) is 0 Å². The highest BCUT2D eigenvalue weighted by Crippen LogP contribution is 2.28. The zero-order chi connectivity index (χ0) is 20.6. The summed E-state index contributed by atoms with van der Waals surface area (Å²) in [7, 11) is 0. The Kier molecular flexibility index (Phi) is 5.84. The quantitative estimate of drug-likeness (QED) is 0.797. The summed E-state index contributed by atoms with van der Waals surface area (Å²) in [4.78, 5) is 33.3. The minimum Gasteiger partial charge on any atom is -0.366 e. The van der Waals surface area contributed by atoms with Crippen LogP contribution >= 0.6 is 11.3 Å². The molecule has 3 fully saturated rings. The lowest BCUT2D eigenvalue weighted by Gasteiger charge is -2.43. The molecular formula is C21H32N4O3S. The molecule has 0 aromatic carbocycles. The SMILES string of the molecule is CC(C)(C)c1csc(CC2CCN(C(=O)N3CC[C@@H]4OCC(=O)NC4C3)CC2)n1. The predicted octanol–water partition coefficient (Wildman–Crippen LogP) is 2.40. The fraction of sp³-hybridized carbons (Fsp3) is 0.762. The van der Waals surface area contributed by atoms with Gasteiger partial charge >= 0.3 is 6.03 Å². The molecule has 1 aromatic heterocycles. The van der Waals surface area contributed by atoms with Crippen LogP contribution in [0.4, 0.5) is 4.79 Å². The highest BCUT2D eigenvalue weighted by Gasteiger charge is 2.38. The van der Waals surface area contributed by atoms with Crippen molar-refractivity contribution in [1.82, 2.24) is 20.1 Å². The second-order valence-corrected chi connectivity index (χ2v) is 10.5. The Morgan fingerprint density at radius 3 is 2.66 bits per heavy atom. The molecule has 1 unspecified atom stereocenters. The minimum atomic E-state index is -0.0850. The fourth-order valence-corrected chi connectivity index (χ4v) is 5.53. The van der Waals surface area contributed by atoms with E-state index in [9.17, 15) is 9.59 Å². The van der Waals surface area contributed by atoms with Gasteiger partial charge < -0.3 is 19.9 Å². The molecule has 2 atom stereocenters. The van der Waals surface area contributed by atoms with Gasteiger partial charge in [0.15, 0.2) is 0 Å². The maximum absolute atomic E-state index is 13.0. The summed E-state index contributed by atoms with van der Waals surface area (Å²) in [5.74, 6) is 0.507. The van der Waals surface area contributed by atoms with Crippen LogP contribution < -0.4 is 5.32 Å². The van der Waals surface area contributed by atoms with E-state index in [0.717, 1.165) is 38.8 Å². The molecule has 4 rings (SSSR count). The second kappa shape index (κ2) is 8.22. The van der Waals surface area contributed by atoms with Crippen molar-refractivity contribution in [3.05, 3.63) is 16.1 Å². The lowest BCUT2D eigenvalue weighted by molar-refractivity contribution is -0.139. The smallest absolute Gasteiger partial charge is 0.320 e. The zero-order valence-electron chi connectivity index (χ0n) is 17.6. The summed E-state index contributed by atoms with van der Waals surface area (Å²) in [6.45, 7) is 9.58. The third-order valence-electron chi connectivity index (χ3n) is 6.26. The van der Waals surface area contributed by atoms with Gasteiger partial charge in [0.2, 0.25) is 5.91 Å². The van der Waals surface area contributed by atoms with Crippen molar-refractivity contribution >= 4 is 23.3 Å². The fourth-order valence-electron chi connectivity index (χ4n) is 4.40. The largest absolute Gasteiger partial charge is 0.366 e. The molecule has 0 bridgehead atoms. The van der Waals surface area contributed by atoms with Gasteiger partial charge in [0.05, 0.1) is 22.8 Å². The maximum Gasteiger partial charge on any atom is 0.320 e. The molecule has 29 heavy (non-hydrogen) atoms. The molecule has 3 saturated heterocycles. The molecule has 0 spiro atoms. The first-order chi connectivity index (χ1) is 13.8. The van der Waals surface area contributed by atoms with Crippen LogP contribution in [-0.4, -0.2) is 71.7 Å². The third kappa shape index (κ3) is 4.74. The summed E-state index contributed by atoms with van der Waals surface area (Å²) in [5, 5.41) is 6.37. The third-order valence-corrected chi connectivity index (χ3v) is 7.13. The highest BCUT2D eigenvalue weighted by molar-refractivity contribution is 7.09. The Morgan fingerprint density at radius 2 is 1.97 bits per heavy atom. The molecular weight excluding hydrogens is 388 g/mol. The van der Waals surface area contributed by atoms with Crippen molar-refractivity contribution < 1.29 is 14.3 Å². The van der Waals surface area contributed by atoms with E-state index in [2.05, 4.69) is 31.5 Å². The lowest BCUT2D eigenvalue weighted by Crippen LogP contribution is -2.62. The molecule has 3 amide bonds. The predicted molar refractivity (Wildman–Crippen MR) is 112 cm³/mol. The van der Waals surface area contributed by atoms with Crippen molar-refractivity contribution in [3.63, 3.8) is 0 Å². The van der Waals surface area contributed by atoms with Crippen LogP contribution in [0.1, 0.15) is 50.7 Å². The molecule has 0 aliphatic carbocycles. The van der Waals surface area contributed by atoms with Gasteiger partial charge in [-0.3, -0.25) is 4.79 Å². The molecule has 0 radical (unpaired) electrons. The molecule has 4 heterocycles. The molecule has 8 heteroatoms. The van der Waals surface area contributed by atoms with Gasteiger partial charge in [0, 0.05) is 43.4 Å². The number of likely N-dealkylation sites (tertiary alicyclic amines) is 2. The topological polar surface area (TPSA) is 74.8 Å². The number of carbonyl (C=O) groups is 2. The van der Waals surface area contributed by atoms with Crippen molar-refractivity contribution in [2.45, 2.75) is 64.0 Å². The van der Waals surface area contributed by atoms with Crippen LogP contribution in [0.3, 0.4) is 0 Å². The van der Waals surface area contributed by atoms with Gasteiger partial charge in [-0.2, -0.15) is 0 Å². The number of hydrogen-bond donors (Lipinski definition) is 1. The van der Waals surface area contributed by atoms with Crippen LogP contribution in [0.25, 0.3) is 0 Å². The van der Waals surface area contributed by atoms with Gasteiger partial charge in [0.25, 0.3) is 0 Å². The number of amides is 3. The number of carbonyl (C=O) groups excluding carboxylic acids is 2. The first-order valence-corrected chi connectivity index (χ1v) is 11.6. The van der Waals surface area contributed by atoms with Gasteiger partial charge in [-0.05, 0) is 25.2 Å². The number of thiazole rings is 1. The molecule has 0 saturated carbocycles. The first kappa shape index (κ1) is 20.6. The zero-order valence-corrected chi connectivity index (χ0v) is 18.5. The minimum absolute atomic E-state index is 0.0405. The van der Waals surface area contributed by atoms with Gasteiger partial charge in [0.1, 0.15) is 6.61 Å². The Morgan fingerprint density at radius 1 is 1.24 bits per heavy atom. The monoisotopic (exact) mass is 420 g/mol. The van der Waals surface area contributed by atoms with Crippen molar-refractivity contribution in [3.8, 4) is 0 Å². The lowest BCUT2D eigenvalue weighted by atomic mass is 9.92. The van der Waals surface area contributed by atoms with Crippen molar-refractivity contribution in [1.29, 1.82) is 0 Å². The number of urea groups is 1. The molecule has 7 nitrogen and oxygen atoms in total. The van der Waals surface area contributed by atoms with E-state index in [1.165, 1.54) is 10.7 Å². The first-order valence-electron chi connectivity index (χ1n) is 10.7. The molecule has 3 aliphatic heterocycles. The van der Waals surface area contributed by atoms with Gasteiger partial charge in [-0.15, -0.1) is 11.3 Å². The average Bonchev–Trinajstić information content (AvgIpc) is 3.16. The van der Waals surface area contributed by atoms with E-state index >= 15 is 0 Å². The summed E-state index contributed by atoms with van der Waals surface area (Å²) in [5.41, 5.74) is 1.27. The maximum atomic E-state index is 13.0. The highest BCUT2D eigenvalue weighted by atomic mass is 32.1. The summed E-state index contributed by atoms with van der Waals surface area (Å²) in [6, 6.07) is 0.0272. The number of nitrogens with one attached hydrogen (secondary N) is 1.